The summed E-state index contributed by atoms with van der Waals surface area (Å²) in [6, 6.07) is 0.198. The van der Waals surface area contributed by atoms with Crippen LogP contribution in [-0.2, 0) is 9.47 Å². The van der Waals surface area contributed by atoms with Crippen molar-refractivity contribution in [3.05, 3.63) is 0 Å². The lowest BCUT2D eigenvalue weighted by molar-refractivity contribution is -0.169. The van der Waals surface area contributed by atoms with Gasteiger partial charge in [-0.25, -0.2) is 0 Å². The van der Waals surface area contributed by atoms with Crippen molar-refractivity contribution in [3.8, 4) is 0 Å². The van der Waals surface area contributed by atoms with Gasteiger partial charge in [-0.1, -0.05) is 0 Å². The van der Waals surface area contributed by atoms with E-state index in [1.807, 2.05) is 0 Å². The van der Waals surface area contributed by atoms with Gasteiger partial charge >= 0.3 is 0 Å². The molecule has 2 atom stereocenters. The van der Waals surface area contributed by atoms with E-state index in [2.05, 4.69) is 0 Å². The zero-order valence-corrected chi connectivity index (χ0v) is 9.65. The number of aliphatic hydroxyl groups is 1. The van der Waals surface area contributed by atoms with Crippen molar-refractivity contribution in [2.75, 3.05) is 19.8 Å². The lowest BCUT2D eigenvalue weighted by Gasteiger charge is -2.51. The topological polar surface area (TPSA) is 64.7 Å². The second-order valence-electron chi connectivity index (χ2n) is 5.80. The molecule has 3 fully saturated rings. The first-order chi connectivity index (χ1) is 7.62. The van der Waals surface area contributed by atoms with Gasteiger partial charge in [-0.3, -0.25) is 0 Å². The summed E-state index contributed by atoms with van der Waals surface area (Å²) in [5, 5.41) is 10.5. The maximum Gasteiger partial charge on any atom is 0.0940 e. The van der Waals surface area contributed by atoms with Crippen molar-refractivity contribution in [1.29, 1.82) is 0 Å². The summed E-state index contributed by atoms with van der Waals surface area (Å²) >= 11 is 0. The largest absolute Gasteiger partial charge is 0.389 e. The Bertz CT molecular complexity index is 269. The number of hydrogen-bond acceptors (Lipinski definition) is 4. The van der Waals surface area contributed by atoms with Gasteiger partial charge in [0.2, 0.25) is 0 Å². The molecule has 0 aromatic carbocycles. The van der Waals surface area contributed by atoms with E-state index in [0.29, 0.717) is 12.5 Å². The molecule has 92 valence electrons. The van der Waals surface area contributed by atoms with E-state index in [-0.39, 0.29) is 11.6 Å². The van der Waals surface area contributed by atoms with Crippen LogP contribution in [0.5, 0.6) is 0 Å². The minimum atomic E-state index is -0.515. The Kier molecular flexibility index (Phi) is 2.51. The van der Waals surface area contributed by atoms with Crippen LogP contribution < -0.4 is 5.73 Å². The van der Waals surface area contributed by atoms with E-state index >= 15 is 0 Å². The molecule has 0 amide bonds. The first kappa shape index (κ1) is 11.0. The molecule has 0 aromatic heterocycles. The Morgan fingerprint density at radius 1 is 1.19 bits per heavy atom. The summed E-state index contributed by atoms with van der Waals surface area (Å²) in [6.45, 7) is 2.25. The molecule has 0 aromatic rings. The molecule has 3 aliphatic rings. The minimum Gasteiger partial charge on any atom is -0.389 e. The van der Waals surface area contributed by atoms with Gasteiger partial charge in [0.25, 0.3) is 0 Å². The second-order valence-corrected chi connectivity index (χ2v) is 5.80. The molecule has 1 saturated carbocycles. The van der Waals surface area contributed by atoms with Crippen LogP contribution in [0.2, 0.25) is 0 Å². The van der Waals surface area contributed by atoms with Crippen LogP contribution in [0, 0.1) is 5.92 Å². The quantitative estimate of drug-likeness (QED) is 0.681. The van der Waals surface area contributed by atoms with Gasteiger partial charge in [-0.2, -0.15) is 0 Å². The molecular weight excluding hydrogens is 206 g/mol. The third-order valence-electron chi connectivity index (χ3n) is 4.55. The Labute approximate surface area is 96.1 Å². The average molecular weight is 227 g/mol. The molecule has 2 saturated heterocycles. The van der Waals surface area contributed by atoms with Crippen molar-refractivity contribution in [2.24, 2.45) is 11.7 Å². The highest BCUT2D eigenvalue weighted by molar-refractivity contribution is 5.05. The van der Waals surface area contributed by atoms with Crippen molar-refractivity contribution >= 4 is 0 Å². The molecule has 4 heteroatoms. The highest BCUT2D eigenvalue weighted by Gasteiger charge is 2.52. The Morgan fingerprint density at radius 3 is 2.62 bits per heavy atom. The van der Waals surface area contributed by atoms with E-state index < -0.39 is 5.60 Å². The second kappa shape index (κ2) is 3.67. The van der Waals surface area contributed by atoms with Gasteiger partial charge in [0, 0.05) is 25.7 Å². The summed E-state index contributed by atoms with van der Waals surface area (Å²) in [4.78, 5) is 0. The van der Waals surface area contributed by atoms with Crippen LogP contribution in [0.3, 0.4) is 0 Å². The number of rotatable bonds is 1. The van der Waals surface area contributed by atoms with Crippen LogP contribution in [0.25, 0.3) is 0 Å². The average Bonchev–Trinajstić information content (AvgIpc) is 2.64. The lowest BCUT2D eigenvalue weighted by atomic mass is 9.63. The summed E-state index contributed by atoms with van der Waals surface area (Å²) in [5.41, 5.74) is 5.18. The van der Waals surface area contributed by atoms with E-state index in [4.69, 9.17) is 15.2 Å². The minimum absolute atomic E-state index is 0.0989. The van der Waals surface area contributed by atoms with Gasteiger partial charge in [-0.05, 0) is 31.6 Å². The van der Waals surface area contributed by atoms with E-state index in [0.717, 1.165) is 45.3 Å². The van der Waals surface area contributed by atoms with Crippen molar-refractivity contribution in [3.63, 3.8) is 0 Å². The molecule has 1 aliphatic carbocycles. The summed E-state index contributed by atoms with van der Waals surface area (Å²) in [5.74, 6) is 0.350. The van der Waals surface area contributed by atoms with Crippen LogP contribution in [0.15, 0.2) is 0 Å². The lowest BCUT2D eigenvalue weighted by Crippen LogP contribution is -2.59. The standard InChI is InChI=1S/C12H21NO3/c13-10-6-12(14,7-10)9-1-3-16-11(5-9)2-4-15-8-11/h9-10,14H,1-8,13H2. The fourth-order valence-electron chi connectivity index (χ4n) is 3.53. The predicted molar refractivity (Wildman–Crippen MR) is 59.0 cm³/mol. The Balaban J connectivity index is 1.68. The van der Waals surface area contributed by atoms with Crippen molar-refractivity contribution in [1.82, 2.24) is 0 Å². The van der Waals surface area contributed by atoms with E-state index in [9.17, 15) is 5.11 Å². The molecule has 1 spiro atoms. The Morgan fingerprint density at radius 2 is 2.00 bits per heavy atom. The molecule has 2 heterocycles. The number of hydrogen-bond donors (Lipinski definition) is 2. The van der Waals surface area contributed by atoms with Gasteiger partial charge in [-0.15, -0.1) is 0 Å². The smallest absolute Gasteiger partial charge is 0.0940 e. The normalized spacial score (nSPS) is 52.9. The Hall–Kier alpha value is -0.160. The third-order valence-corrected chi connectivity index (χ3v) is 4.55. The zero-order chi connectivity index (χ0) is 11.2. The molecule has 4 nitrogen and oxygen atoms in total. The highest BCUT2D eigenvalue weighted by Crippen LogP contribution is 2.47. The van der Waals surface area contributed by atoms with Crippen molar-refractivity contribution in [2.45, 2.75) is 49.3 Å². The number of ether oxygens (including phenoxy) is 2. The predicted octanol–water partition coefficient (Wildman–Crippen LogP) is 0.424. The van der Waals surface area contributed by atoms with Gasteiger partial charge < -0.3 is 20.3 Å². The SMILES string of the molecule is NC1CC(O)(C2CCOC3(CCOC3)C2)C1. The monoisotopic (exact) mass is 227 g/mol. The molecule has 2 unspecified atom stereocenters. The maximum absolute atomic E-state index is 10.5. The van der Waals surface area contributed by atoms with Crippen LogP contribution in [0.1, 0.15) is 32.1 Å². The van der Waals surface area contributed by atoms with Crippen LogP contribution in [-0.4, -0.2) is 42.2 Å². The van der Waals surface area contributed by atoms with Gasteiger partial charge in [0.15, 0.2) is 0 Å². The first-order valence-corrected chi connectivity index (χ1v) is 6.32. The summed E-state index contributed by atoms with van der Waals surface area (Å²) in [7, 11) is 0. The highest BCUT2D eigenvalue weighted by atomic mass is 16.6. The van der Waals surface area contributed by atoms with Crippen LogP contribution >= 0.6 is 0 Å². The molecule has 16 heavy (non-hydrogen) atoms. The molecule has 3 N–H and O–H groups in total. The fourth-order valence-corrected chi connectivity index (χ4v) is 3.53. The van der Waals surface area contributed by atoms with E-state index in [1.54, 1.807) is 0 Å². The molecule has 0 radical (unpaired) electrons. The fraction of sp³-hybridized carbons (Fsp3) is 1.00. The van der Waals surface area contributed by atoms with E-state index in [1.165, 1.54) is 0 Å². The molecule has 2 aliphatic heterocycles. The number of nitrogens with two attached hydrogens (primary N) is 1. The van der Waals surface area contributed by atoms with Gasteiger partial charge in [0.1, 0.15) is 0 Å². The van der Waals surface area contributed by atoms with Crippen LogP contribution in [0.4, 0.5) is 0 Å². The molecular formula is C12H21NO3. The van der Waals surface area contributed by atoms with Gasteiger partial charge in [0.05, 0.1) is 17.8 Å². The summed E-state index contributed by atoms with van der Waals surface area (Å²) in [6.07, 6.45) is 4.40. The first-order valence-electron chi connectivity index (χ1n) is 6.32. The molecule has 0 bridgehead atoms. The zero-order valence-electron chi connectivity index (χ0n) is 9.65. The third kappa shape index (κ3) is 1.68. The summed E-state index contributed by atoms with van der Waals surface area (Å²) < 4.78 is 11.3. The molecule has 3 rings (SSSR count). The van der Waals surface area contributed by atoms with Crippen molar-refractivity contribution < 1.29 is 14.6 Å². The maximum atomic E-state index is 10.5.